The summed E-state index contributed by atoms with van der Waals surface area (Å²) in [5, 5.41) is 0. The van der Waals surface area contributed by atoms with E-state index in [0.717, 1.165) is 6.92 Å². The zero-order valence-electron chi connectivity index (χ0n) is 12.7. The van der Waals surface area contributed by atoms with Gasteiger partial charge in [-0.15, -0.1) is 0 Å². The van der Waals surface area contributed by atoms with E-state index in [4.69, 9.17) is 4.74 Å². The summed E-state index contributed by atoms with van der Waals surface area (Å²) in [7, 11) is 0. The number of halogens is 2. The number of fused-ring (bicyclic) bond motifs is 1. The second kappa shape index (κ2) is 5.62. The summed E-state index contributed by atoms with van der Waals surface area (Å²) in [5.74, 6) is -2.20. The Kier molecular flexibility index (Phi) is 4.21. The van der Waals surface area contributed by atoms with E-state index >= 15 is 0 Å². The molecule has 0 bridgehead atoms. The first kappa shape index (κ1) is 15.7. The minimum absolute atomic E-state index is 0.119. The molecule has 1 aliphatic rings. The second-order valence-corrected chi connectivity index (χ2v) is 6.23. The number of rotatable bonds is 4. The number of hydrogen-bond acceptors (Lipinski definition) is 2. The van der Waals surface area contributed by atoms with Gasteiger partial charge in [-0.2, -0.15) is 0 Å². The fourth-order valence-electron chi connectivity index (χ4n) is 2.47. The number of carbonyl (C=O) groups is 1. The van der Waals surface area contributed by atoms with Crippen molar-refractivity contribution in [3.63, 3.8) is 0 Å². The standard InChI is InChI=1S/C16H21F2NO2/c1-15(2)11-19(12-7-4-5-8-13(12)21-15)14(20)9-6-10-16(3,17)18/h4-5,7-8H,6,9-11H2,1-3H3. The predicted molar refractivity (Wildman–Crippen MR) is 78.0 cm³/mol. The fraction of sp³-hybridized carbons (Fsp3) is 0.562. The topological polar surface area (TPSA) is 29.5 Å². The Hall–Kier alpha value is -1.65. The van der Waals surface area contributed by atoms with Crippen LogP contribution in [0.1, 0.15) is 40.0 Å². The van der Waals surface area contributed by atoms with Crippen LogP contribution >= 0.6 is 0 Å². The molecule has 21 heavy (non-hydrogen) atoms. The number of hydrogen-bond donors (Lipinski definition) is 0. The van der Waals surface area contributed by atoms with Crippen LogP contribution in [0.3, 0.4) is 0 Å². The molecule has 0 aromatic heterocycles. The number of benzene rings is 1. The monoisotopic (exact) mass is 297 g/mol. The summed E-state index contributed by atoms with van der Waals surface area (Å²) in [4.78, 5) is 14.0. The summed E-state index contributed by atoms with van der Waals surface area (Å²) in [6.45, 7) is 5.11. The van der Waals surface area contributed by atoms with Crippen molar-refractivity contribution < 1.29 is 18.3 Å². The fourth-order valence-corrected chi connectivity index (χ4v) is 2.47. The van der Waals surface area contributed by atoms with Crippen LogP contribution in [0.4, 0.5) is 14.5 Å². The minimum atomic E-state index is -2.72. The van der Waals surface area contributed by atoms with E-state index in [1.54, 1.807) is 4.90 Å². The van der Waals surface area contributed by atoms with Crippen LogP contribution in [-0.4, -0.2) is 24.0 Å². The normalized spacial score (nSPS) is 17.1. The van der Waals surface area contributed by atoms with Gasteiger partial charge in [0, 0.05) is 12.8 Å². The van der Waals surface area contributed by atoms with Gasteiger partial charge in [0.25, 0.3) is 0 Å². The largest absolute Gasteiger partial charge is 0.484 e. The highest BCUT2D eigenvalue weighted by Gasteiger charge is 2.34. The Morgan fingerprint density at radius 3 is 2.71 bits per heavy atom. The van der Waals surface area contributed by atoms with E-state index in [0.29, 0.717) is 18.0 Å². The van der Waals surface area contributed by atoms with E-state index in [1.807, 2.05) is 38.1 Å². The van der Waals surface area contributed by atoms with E-state index in [2.05, 4.69) is 0 Å². The van der Waals surface area contributed by atoms with Gasteiger partial charge < -0.3 is 9.64 Å². The van der Waals surface area contributed by atoms with Gasteiger partial charge in [-0.05, 0) is 39.3 Å². The molecule has 0 unspecified atom stereocenters. The van der Waals surface area contributed by atoms with Gasteiger partial charge in [0.2, 0.25) is 11.8 Å². The molecule has 0 saturated heterocycles. The maximum atomic E-state index is 12.8. The molecule has 0 radical (unpaired) electrons. The first-order valence-electron chi connectivity index (χ1n) is 7.14. The van der Waals surface area contributed by atoms with Crippen molar-refractivity contribution in [1.82, 2.24) is 0 Å². The molecule has 1 aliphatic heterocycles. The molecule has 1 aromatic carbocycles. The van der Waals surface area contributed by atoms with Crippen molar-refractivity contribution >= 4 is 11.6 Å². The lowest BCUT2D eigenvalue weighted by atomic mass is 10.0. The van der Waals surface area contributed by atoms with Crippen molar-refractivity contribution in [2.45, 2.75) is 51.6 Å². The molecule has 0 saturated carbocycles. The highest BCUT2D eigenvalue weighted by molar-refractivity contribution is 5.95. The molecule has 0 aliphatic carbocycles. The summed E-state index contributed by atoms with van der Waals surface area (Å²) in [6, 6.07) is 7.31. The number of anilines is 1. The van der Waals surface area contributed by atoms with Crippen LogP contribution < -0.4 is 9.64 Å². The molecule has 0 spiro atoms. The van der Waals surface area contributed by atoms with Gasteiger partial charge in [-0.25, -0.2) is 8.78 Å². The number of para-hydroxylation sites is 2. The van der Waals surface area contributed by atoms with E-state index in [-0.39, 0.29) is 25.2 Å². The van der Waals surface area contributed by atoms with Crippen molar-refractivity contribution in [3.8, 4) is 5.75 Å². The molecule has 0 N–H and O–H groups in total. The molecule has 5 heteroatoms. The maximum Gasteiger partial charge on any atom is 0.245 e. The minimum Gasteiger partial charge on any atom is -0.484 e. The Bertz CT molecular complexity index is 523. The summed E-state index contributed by atoms with van der Waals surface area (Å²) in [6.07, 6.45) is 0.0320. The SMILES string of the molecule is CC(F)(F)CCCC(=O)N1CC(C)(C)Oc2ccccc21. The Labute approximate surface area is 123 Å². The smallest absolute Gasteiger partial charge is 0.245 e. The van der Waals surface area contributed by atoms with Crippen molar-refractivity contribution in [2.24, 2.45) is 0 Å². The molecular formula is C16H21F2NO2. The van der Waals surface area contributed by atoms with Crippen LogP contribution in [-0.2, 0) is 4.79 Å². The number of alkyl halides is 2. The molecule has 3 nitrogen and oxygen atoms in total. The molecule has 0 atom stereocenters. The summed E-state index contributed by atoms with van der Waals surface area (Å²) < 4.78 is 31.5. The average molecular weight is 297 g/mol. The zero-order valence-corrected chi connectivity index (χ0v) is 12.7. The third-order valence-corrected chi connectivity index (χ3v) is 3.39. The molecule has 1 heterocycles. The quantitative estimate of drug-likeness (QED) is 0.840. The number of ether oxygens (including phenoxy) is 1. The van der Waals surface area contributed by atoms with Crippen LogP contribution in [0, 0.1) is 0 Å². The van der Waals surface area contributed by atoms with Gasteiger partial charge in [0.05, 0.1) is 12.2 Å². The van der Waals surface area contributed by atoms with E-state index < -0.39 is 11.5 Å². The first-order chi connectivity index (χ1) is 9.68. The Morgan fingerprint density at radius 1 is 1.38 bits per heavy atom. The lowest BCUT2D eigenvalue weighted by Crippen LogP contribution is -2.49. The van der Waals surface area contributed by atoms with Gasteiger partial charge in [0.15, 0.2) is 0 Å². The van der Waals surface area contributed by atoms with Crippen LogP contribution in [0.15, 0.2) is 24.3 Å². The number of amides is 1. The first-order valence-corrected chi connectivity index (χ1v) is 7.14. The Balaban J connectivity index is 2.10. The van der Waals surface area contributed by atoms with Crippen LogP contribution in [0.25, 0.3) is 0 Å². The average Bonchev–Trinajstić information content (AvgIpc) is 2.35. The maximum absolute atomic E-state index is 12.8. The molecule has 2 rings (SSSR count). The lowest BCUT2D eigenvalue weighted by Gasteiger charge is -2.39. The summed E-state index contributed by atoms with van der Waals surface area (Å²) in [5.41, 5.74) is 0.226. The molecule has 116 valence electrons. The van der Waals surface area contributed by atoms with Gasteiger partial charge in [-0.1, -0.05) is 12.1 Å². The van der Waals surface area contributed by atoms with Crippen molar-refractivity contribution in [2.75, 3.05) is 11.4 Å². The molecular weight excluding hydrogens is 276 g/mol. The Morgan fingerprint density at radius 2 is 2.05 bits per heavy atom. The molecule has 1 amide bonds. The third kappa shape index (κ3) is 4.16. The van der Waals surface area contributed by atoms with Gasteiger partial charge >= 0.3 is 0 Å². The van der Waals surface area contributed by atoms with Crippen molar-refractivity contribution in [3.05, 3.63) is 24.3 Å². The highest BCUT2D eigenvalue weighted by atomic mass is 19.3. The van der Waals surface area contributed by atoms with E-state index in [1.165, 1.54) is 0 Å². The second-order valence-electron chi connectivity index (χ2n) is 6.23. The zero-order chi connectivity index (χ0) is 15.7. The summed E-state index contributed by atoms with van der Waals surface area (Å²) >= 11 is 0. The van der Waals surface area contributed by atoms with Crippen LogP contribution in [0.5, 0.6) is 5.75 Å². The predicted octanol–water partition coefficient (Wildman–Crippen LogP) is 4.02. The van der Waals surface area contributed by atoms with Gasteiger partial charge in [-0.3, -0.25) is 4.79 Å². The van der Waals surface area contributed by atoms with Gasteiger partial charge in [0.1, 0.15) is 11.4 Å². The van der Waals surface area contributed by atoms with Crippen LogP contribution in [0.2, 0.25) is 0 Å². The number of nitrogens with zero attached hydrogens (tertiary/aromatic N) is 1. The lowest BCUT2D eigenvalue weighted by molar-refractivity contribution is -0.119. The molecule has 1 aromatic rings. The third-order valence-electron chi connectivity index (χ3n) is 3.39. The van der Waals surface area contributed by atoms with E-state index in [9.17, 15) is 13.6 Å². The highest BCUT2D eigenvalue weighted by Crippen LogP contribution is 2.37. The number of carbonyl (C=O) groups excluding carboxylic acids is 1. The molecule has 0 fully saturated rings. The van der Waals surface area contributed by atoms with Crippen molar-refractivity contribution in [1.29, 1.82) is 0 Å².